The molecule has 0 saturated heterocycles. The maximum absolute atomic E-state index is 10.3. The third-order valence-electron chi connectivity index (χ3n) is 8.62. The summed E-state index contributed by atoms with van der Waals surface area (Å²) in [6.07, 6.45) is 0. The molecule has 0 aliphatic heterocycles. The van der Waals surface area contributed by atoms with Crippen LogP contribution in [0.5, 0.6) is 11.5 Å². The van der Waals surface area contributed by atoms with Gasteiger partial charge in [0.15, 0.2) is 0 Å². The molecule has 0 saturated carbocycles. The van der Waals surface area contributed by atoms with E-state index in [2.05, 4.69) is 109 Å². The van der Waals surface area contributed by atoms with Crippen LogP contribution in [0.25, 0.3) is 76.8 Å². The molecule has 0 amide bonds. The number of fused-ring (bicyclic) bond motifs is 3. The molecule has 2 heteroatoms. The Kier molecular flexibility index (Phi) is 6.13. The molecule has 0 atom stereocenters. The normalized spacial score (nSPS) is 11.4. The Bertz CT molecular complexity index is 2140. The first kappa shape index (κ1) is 25.8. The molecular formula is C42H28O2. The Morgan fingerprint density at radius 3 is 0.795 bits per heavy atom. The summed E-state index contributed by atoms with van der Waals surface area (Å²) < 4.78 is 0. The highest BCUT2D eigenvalue weighted by Gasteiger charge is 2.25. The third kappa shape index (κ3) is 4.11. The van der Waals surface area contributed by atoms with E-state index in [1.54, 1.807) is 24.3 Å². The van der Waals surface area contributed by atoms with Crippen LogP contribution in [0.2, 0.25) is 0 Å². The number of phenols is 2. The van der Waals surface area contributed by atoms with Gasteiger partial charge >= 0.3 is 0 Å². The number of rotatable bonds is 4. The lowest BCUT2D eigenvalue weighted by molar-refractivity contribution is 0.475. The number of benzene rings is 8. The number of phenolic OH excluding ortho intramolecular Hbond substituents is 2. The summed E-state index contributed by atoms with van der Waals surface area (Å²) in [6.45, 7) is 0. The molecule has 0 fully saturated rings. The van der Waals surface area contributed by atoms with Crippen LogP contribution in [0.1, 0.15) is 0 Å². The van der Waals surface area contributed by atoms with Gasteiger partial charge in [-0.15, -0.1) is 0 Å². The number of aromatic hydroxyl groups is 2. The van der Waals surface area contributed by atoms with E-state index < -0.39 is 0 Å². The van der Waals surface area contributed by atoms with Crippen LogP contribution in [0, 0.1) is 0 Å². The largest absolute Gasteiger partial charge is 0.508 e. The lowest BCUT2D eigenvalue weighted by Gasteiger charge is -2.25. The van der Waals surface area contributed by atoms with Gasteiger partial charge in [0.1, 0.15) is 11.5 Å². The van der Waals surface area contributed by atoms with Gasteiger partial charge in [-0.1, -0.05) is 133 Å². The average Bonchev–Trinajstić information content (AvgIpc) is 3.08. The summed E-state index contributed by atoms with van der Waals surface area (Å²) in [6, 6.07) is 53.8. The molecule has 208 valence electrons. The van der Waals surface area contributed by atoms with Crippen molar-refractivity contribution in [1.82, 2.24) is 0 Å². The van der Waals surface area contributed by atoms with E-state index in [0.717, 1.165) is 54.9 Å². The molecule has 2 N–H and O–H groups in total. The van der Waals surface area contributed by atoms with Crippen LogP contribution in [0.3, 0.4) is 0 Å². The Hall–Kier alpha value is -5.86. The fourth-order valence-corrected chi connectivity index (χ4v) is 6.79. The monoisotopic (exact) mass is 564 g/mol. The van der Waals surface area contributed by atoms with Crippen LogP contribution in [-0.2, 0) is 0 Å². The van der Waals surface area contributed by atoms with Crippen LogP contribution in [0.15, 0.2) is 158 Å². The van der Waals surface area contributed by atoms with Crippen LogP contribution >= 0.6 is 0 Å². The Morgan fingerprint density at radius 2 is 0.500 bits per heavy atom. The minimum Gasteiger partial charge on any atom is -0.508 e. The van der Waals surface area contributed by atoms with E-state index in [4.69, 9.17) is 0 Å². The van der Waals surface area contributed by atoms with Crippen LogP contribution < -0.4 is 0 Å². The van der Waals surface area contributed by atoms with E-state index in [9.17, 15) is 10.2 Å². The Balaban J connectivity index is 1.75. The van der Waals surface area contributed by atoms with E-state index in [1.165, 1.54) is 21.9 Å². The summed E-state index contributed by atoms with van der Waals surface area (Å²) in [4.78, 5) is 0. The fraction of sp³-hybridized carbons (Fsp3) is 0. The zero-order chi connectivity index (χ0) is 29.6. The van der Waals surface area contributed by atoms with E-state index in [1.807, 2.05) is 24.3 Å². The Morgan fingerprint density at radius 1 is 0.250 bits per heavy atom. The summed E-state index contributed by atoms with van der Waals surface area (Å²) in [7, 11) is 0. The topological polar surface area (TPSA) is 40.5 Å². The summed E-state index contributed by atoms with van der Waals surface area (Å²) >= 11 is 0. The molecule has 0 aliphatic rings. The van der Waals surface area contributed by atoms with Gasteiger partial charge in [-0.3, -0.25) is 0 Å². The second-order valence-electron chi connectivity index (χ2n) is 11.2. The van der Waals surface area contributed by atoms with Crippen molar-refractivity contribution in [3.63, 3.8) is 0 Å². The molecule has 0 radical (unpaired) electrons. The SMILES string of the molecule is Oc1ccc(-c2c3ccccc3c(-c3ccc(O)cc3)c3c(-c4ccccc4)c4ccccc4c(-c4ccccc4)c23)cc1. The predicted molar refractivity (Wildman–Crippen MR) is 184 cm³/mol. The minimum absolute atomic E-state index is 0.238. The van der Waals surface area contributed by atoms with Crippen molar-refractivity contribution in [2.45, 2.75) is 0 Å². The van der Waals surface area contributed by atoms with Gasteiger partial charge in [0, 0.05) is 0 Å². The zero-order valence-electron chi connectivity index (χ0n) is 23.9. The highest BCUT2D eigenvalue weighted by Crippen LogP contribution is 2.53. The third-order valence-corrected chi connectivity index (χ3v) is 8.62. The van der Waals surface area contributed by atoms with Gasteiger partial charge in [-0.05, 0) is 101 Å². The van der Waals surface area contributed by atoms with E-state index in [-0.39, 0.29) is 11.5 Å². The molecule has 0 unspecified atom stereocenters. The number of hydrogen-bond acceptors (Lipinski definition) is 2. The maximum Gasteiger partial charge on any atom is 0.115 e. The molecule has 8 aromatic rings. The average molecular weight is 565 g/mol. The summed E-state index contributed by atoms with van der Waals surface area (Å²) in [5.74, 6) is 0.476. The van der Waals surface area contributed by atoms with Gasteiger partial charge in [-0.2, -0.15) is 0 Å². The highest BCUT2D eigenvalue weighted by molar-refractivity contribution is 6.33. The first-order valence-electron chi connectivity index (χ1n) is 14.8. The van der Waals surface area contributed by atoms with Gasteiger partial charge in [-0.25, -0.2) is 0 Å². The van der Waals surface area contributed by atoms with Crippen molar-refractivity contribution in [3.8, 4) is 56.0 Å². The second-order valence-corrected chi connectivity index (χ2v) is 11.2. The van der Waals surface area contributed by atoms with Gasteiger partial charge in [0.25, 0.3) is 0 Å². The maximum atomic E-state index is 10.3. The molecule has 44 heavy (non-hydrogen) atoms. The second kappa shape index (κ2) is 10.4. The lowest BCUT2D eigenvalue weighted by atomic mass is 9.77. The number of hydrogen-bond donors (Lipinski definition) is 2. The molecule has 0 aliphatic carbocycles. The molecule has 8 rings (SSSR count). The molecule has 0 heterocycles. The van der Waals surface area contributed by atoms with Gasteiger partial charge < -0.3 is 10.2 Å². The quantitative estimate of drug-likeness (QED) is 0.209. The van der Waals surface area contributed by atoms with Gasteiger partial charge in [0.05, 0.1) is 0 Å². The molecule has 0 bridgehead atoms. The standard InChI is InChI=1S/C42H28O2/c43-31-23-19-29(20-24-31)39-35-17-9-10-18-36(35)40(30-21-25-32(44)26-22-30)42-38(28-13-5-2-6-14-28)34-16-8-7-15-33(34)37(41(39)42)27-11-3-1-4-12-27/h1-26,43-44H. The van der Waals surface area contributed by atoms with Crippen molar-refractivity contribution in [2.24, 2.45) is 0 Å². The zero-order valence-corrected chi connectivity index (χ0v) is 23.9. The van der Waals surface area contributed by atoms with Gasteiger partial charge in [0.2, 0.25) is 0 Å². The molecule has 0 aromatic heterocycles. The molecule has 0 spiro atoms. The summed E-state index contributed by atoms with van der Waals surface area (Å²) in [5.41, 5.74) is 8.94. The smallest absolute Gasteiger partial charge is 0.115 e. The van der Waals surface area contributed by atoms with Crippen molar-refractivity contribution in [3.05, 3.63) is 158 Å². The van der Waals surface area contributed by atoms with Crippen molar-refractivity contribution in [1.29, 1.82) is 0 Å². The minimum atomic E-state index is 0.238. The molecular weight excluding hydrogens is 536 g/mol. The first-order chi connectivity index (χ1) is 21.7. The molecule has 8 aromatic carbocycles. The Labute approximate surface area is 255 Å². The fourth-order valence-electron chi connectivity index (χ4n) is 6.79. The van der Waals surface area contributed by atoms with Crippen molar-refractivity contribution < 1.29 is 10.2 Å². The van der Waals surface area contributed by atoms with Crippen molar-refractivity contribution >= 4 is 32.3 Å². The first-order valence-corrected chi connectivity index (χ1v) is 14.8. The predicted octanol–water partition coefficient (Wildman–Crippen LogP) is 11.2. The van der Waals surface area contributed by atoms with Crippen molar-refractivity contribution in [2.75, 3.05) is 0 Å². The van der Waals surface area contributed by atoms with Crippen LogP contribution in [-0.4, -0.2) is 10.2 Å². The van der Waals surface area contributed by atoms with E-state index >= 15 is 0 Å². The molecule has 2 nitrogen and oxygen atoms in total. The summed E-state index contributed by atoms with van der Waals surface area (Å²) in [5, 5.41) is 27.5. The van der Waals surface area contributed by atoms with Crippen LogP contribution in [0.4, 0.5) is 0 Å². The highest BCUT2D eigenvalue weighted by atomic mass is 16.3. The lowest BCUT2D eigenvalue weighted by Crippen LogP contribution is -1.97. The van der Waals surface area contributed by atoms with E-state index in [0.29, 0.717) is 0 Å².